The molecule has 0 spiro atoms. The lowest BCUT2D eigenvalue weighted by Gasteiger charge is -2.01. The maximum Gasteiger partial charge on any atom is 0.339 e. The molecule has 1 heterocycles. The Labute approximate surface area is 79.8 Å². The lowest BCUT2D eigenvalue weighted by atomic mass is 10.2. The van der Waals surface area contributed by atoms with E-state index in [-0.39, 0.29) is 17.8 Å². The summed E-state index contributed by atoms with van der Waals surface area (Å²) < 4.78 is 0. The zero-order valence-electron chi connectivity index (χ0n) is 7.52. The first-order valence-electron chi connectivity index (χ1n) is 3.85. The van der Waals surface area contributed by atoms with E-state index in [4.69, 9.17) is 10.8 Å². The van der Waals surface area contributed by atoms with Gasteiger partial charge in [-0.1, -0.05) is 0 Å². The number of carboxylic acid groups (broad SMARTS) is 1. The van der Waals surface area contributed by atoms with Crippen LogP contribution >= 0.6 is 0 Å². The number of primary amides is 1. The monoisotopic (exact) mass is 195 g/mol. The normalized spacial score (nSPS) is 9.79. The maximum absolute atomic E-state index is 10.6. The average Bonchev–Trinajstić information content (AvgIpc) is 2.01. The molecule has 1 amide bonds. The average molecular weight is 195 g/mol. The Morgan fingerprint density at radius 3 is 2.64 bits per heavy atom. The Kier molecular flexibility index (Phi) is 2.76. The van der Waals surface area contributed by atoms with Crippen LogP contribution in [0, 0.1) is 6.92 Å². The van der Waals surface area contributed by atoms with Gasteiger partial charge in [-0.05, 0) is 6.92 Å². The van der Waals surface area contributed by atoms with Crippen molar-refractivity contribution in [2.24, 2.45) is 5.73 Å². The first kappa shape index (κ1) is 10.1. The van der Waals surface area contributed by atoms with Gasteiger partial charge in [0.05, 0.1) is 17.7 Å². The second-order valence-corrected chi connectivity index (χ2v) is 2.73. The molecule has 0 atom stereocenters. The molecule has 1 aromatic rings. The SMILES string of the molecule is Cc1nc(CC(N)=O)ncc1C(=O)O. The molecule has 0 aromatic carbocycles. The van der Waals surface area contributed by atoms with Crippen LogP contribution in [0.5, 0.6) is 0 Å². The largest absolute Gasteiger partial charge is 0.478 e. The number of aromatic carboxylic acids is 1. The second kappa shape index (κ2) is 3.82. The minimum atomic E-state index is -1.09. The highest BCUT2D eigenvalue weighted by Gasteiger charge is 2.10. The third-order valence-electron chi connectivity index (χ3n) is 1.59. The van der Waals surface area contributed by atoms with Crippen LogP contribution in [-0.4, -0.2) is 27.0 Å². The number of amides is 1. The Morgan fingerprint density at radius 1 is 1.57 bits per heavy atom. The summed E-state index contributed by atoms with van der Waals surface area (Å²) >= 11 is 0. The Balaban J connectivity index is 3.00. The fourth-order valence-electron chi connectivity index (χ4n) is 0.966. The predicted octanol–water partition coefficient (Wildman–Crippen LogP) is -0.489. The van der Waals surface area contributed by atoms with Gasteiger partial charge in [-0.15, -0.1) is 0 Å². The van der Waals surface area contributed by atoms with Crippen LogP contribution in [0.1, 0.15) is 21.9 Å². The molecule has 74 valence electrons. The van der Waals surface area contributed by atoms with Crippen molar-refractivity contribution in [3.8, 4) is 0 Å². The second-order valence-electron chi connectivity index (χ2n) is 2.73. The number of nitrogens with zero attached hydrogens (tertiary/aromatic N) is 2. The third-order valence-corrected chi connectivity index (χ3v) is 1.59. The van der Waals surface area contributed by atoms with Crippen molar-refractivity contribution in [2.75, 3.05) is 0 Å². The fourth-order valence-corrected chi connectivity index (χ4v) is 0.966. The van der Waals surface area contributed by atoms with Crippen molar-refractivity contribution in [3.63, 3.8) is 0 Å². The van der Waals surface area contributed by atoms with Crippen molar-refractivity contribution in [3.05, 3.63) is 23.3 Å². The van der Waals surface area contributed by atoms with Gasteiger partial charge in [-0.25, -0.2) is 14.8 Å². The predicted molar refractivity (Wildman–Crippen MR) is 46.6 cm³/mol. The van der Waals surface area contributed by atoms with E-state index in [1.165, 1.54) is 13.1 Å². The van der Waals surface area contributed by atoms with E-state index in [0.29, 0.717) is 5.69 Å². The summed E-state index contributed by atoms with van der Waals surface area (Å²) in [6.07, 6.45) is 1.09. The lowest BCUT2D eigenvalue weighted by molar-refractivity contribution is -0.117. The summed E-state index contributed by atoms with van der Waals surface area (Å²) in [6.45, 7) is 1.54. The Bertz CT molecular complexity index is 389. The van der Waals surface area contributed by atoms with Crippen LogP contribution in [0.4, 0.5) is 0 Å². The zero-order chi connectivity index (χ0) is 10.7. The summed E-state index contributed by atoms with van der Waals surface area (Å²) in [7, 11) is 0. The molecule has 0 radical (unpaired) electrons. The molecule has 1 aromatic heterocycles. The van der Waals surface area contributed by atoms with Crippen LogP contribution in [0.3, 0.4) is 0 Å². The number of aryl methyl sites for hydroxylation is 1. The lowest BCUT2D eigenvalue weighted by Crippen LogP contribution is -2.16. The molecule has 14 heavy (non-hydrogen) atoms. The van der Waals surface area contributed by atoms with Gasteiger partial charge in [0.1, 0.15) is 5.82 Å². The molecule has 0 saturated carbocycles. The molecule has 0 bridgehead atoms. The highest BCUT2D eigenvalue weighted by Crippen LogP contribution is 2.03. The molecule has 0 aliphatic heterocycles. The molecule has 0 aliphatic rings. The van der Waals surface area contributed by atoms with Gasteiger partial charge < -0.3 is 10.8 Å². The molecule has 1 rings (SSSR count). The summed E-state index contributed by atoms with van der Waals surface area (Å²) in [5.74, 6) is -1.40. The number of aromatic nitrogens is 2. The van der Waals surface area contributed by atoms with Crippen LogP contribution < -0.4 is 5.73 Å². The van der Waals surface area contributed by atoms with Gasteiger partial charge in [0.25, 0.3) is 0 Å². The van der Waals surface area contributed by atoms with Crippen molar-refractivity contribution in [1.82, 2.24) is 9.97 Å². The number of carbonyl (C=O) groups is 2. The van der Waals surface area contributed by atoms with E-state index in [1.807, 2.05) is 0 Å². The summed E-state index contributed by atoms with van der Waals surface area (Å²) in [4.78, 5) is 28.7. The molecule has 3 N–H and O–H groups in total. The minimum absolute atomic E-state index is 0.0261. The van der Waals surface area contributed by atoms with Crippen molar-refractivity contribution in [1.29, 1.82) is 0 Å². The fraction of sp³-hybridized carbons (Fsp3) is 0.250. The van der Waals surface area contributed by atoms with Gasteiger partial charge in [0, 0.05) is 6.20 Å². The van der Waals surface area contributed by atoms with E-state index in [0.717, 1.165) is 0 Å². The number of nitrogens with two attached hydrogens (primary N) is 1. The number of carbonyl (C=O) groups excluding carboxylic acids is 1. The molecular weight excluding hydrogens is 186 g/mol. The van der Waals surface area contributed by atoms with Crippen molar-refractivity contribution >= 4 is 11.9 Å². The van der Waals surface area contributed by atoms with Gasteiger partial charge >= 0.3 is 5.97 Å². The topological polar surface area (TPSA) is 106 Å². The number of hydrogen-bond donors (Lipinski definition) is 2. The van der Waals surface area contributed by atoms with Crippen molar-refractivity contribution in [2.45, 2.75) is 13.3 Å². The molecule has 0 saturated heterocycles. The molecule has 0 fully saturated rings. The maximum atomic E-state index is 10.6. The van der Waals surface area contributed by atoms with Crippen LogP contribution in [0.25, 0.3) is 0 Å². The van der Waals surface area contributed by atoms with E-state index in [9.17, 15) is 9.59 Å². The Hall–Kier alpha value is -1.98. The van der Waals surface area contributed by atoms with Crippen LogP contribution in [0.15, 0.2) is 6.20 Å². The van der Waals surface area contributed by atoms with E-state index < -0.39 is 11.9 Å². The molecule has 6 heteroatoms. The minimum Gasteiger partial charge on any atom is -0.478 e. The van der Waals surface area contributed by atoms with E-state index >= 15 is 0 Å². The van der Waals surface area contributed by atoms with E-state index in [1.54, 1.807) is 0 Å². The molecule has 6 nitrogen and oxygen atoms in total. The first-order chi connectivity index (χ1) is 6.50. The van der Waals surface area contributed by atoms with Crippen LogP contribution in [0.2, 0.25) is 0 Å². The first-order valence-corrected chi connectivity index (χ1v) is 3.85. The molecule has 0 unspecified atom stereocenters. The number of hydrogen-bond acceptors (Lipinski definition) is 4. The van der Waals surface area contributed by atoms with Gasteiger partial charge in [0.2, 0.25) is 5.91 Å². The van der Waals surface area contributed by atoms with Crippen LogP contribution in [-0.2, 0) is 11.2 Å². The number of carboxylic acids is 1. The highest BCUT2D eigenvalue weighted by molar-refractivity contribution is 5.88. The smallest absolute Gasteiger partial charge is 0.339 e. The summed E-state index contributed by atoms with van der Waals surface area (Å²) in [6, 6.07) is 0. The number of rotatable bonds is 3. The zero-order valence-corrected chi connectivity index (χ0v) is 7.52. The Morgan fingerprint density at radius 2 is 2.21 bits per heavy atom. The third kappa shape index (κ3) is 2.25. The van der Waals surface area contributed by atoms with E-state index in [2.05, 4.69) is 9.97 Å². The highest BCUT2D eigenvalue weighted by atomic mass is 16.4. The van der Waals surface area contributed by atoms with Gasteiger partial charge in [0.15, 0.2) is 0 Å². The molecular formula is C8H9N3O3. The molecule has 0 aliphatic carbocycles. The van der Waals surface area contributed by atoms with Gasteiger partial charge in [-0.2, -0.15) is 0 Å². The van der Waals surface area contributed by atoms with Crippen molar-refractivity contribution < 1.29 is 14.7 Å². The quantitative estimate of drug-likeness (QED) is 0.676. The summed E-state index contributed by atoms with van der Waals surface area (Å²) in [5.41, 5.74) is 5.29. The summed E-state index contributed by atoms with van der Waals surface area (Å²) in [5, 5.41) is 8.67. The van der Waals surface area contributed by atoms with Gasteiger partial charge in [-0.3, -0.25) is 4.79 Å². The standard InChI is InChI=1S/C8H9N3O3/c1-4-5(8(13)14)3-10-7(11-4)2-6(9)12/h3H,2H2,1H3,(H2,9,12)(H,13,14).